The molecule has 0 saturated carbocycles. The van der Waals surface area contributed by atoms with Gasteiger partial charge in [0.1, 0.15) is 11.4 Å². The van der Waals surface area contributed by atoms with Crippen molar-refractivity contribution < 1.29 is 9.53 Å². The first kappa shape index (κ1) is 20.7. The number of hydrogen-bond donors (Lipinski definition) is 2. The van der Waals surface area contributed by atoms with Crippen LogP contribution < -0.4 is 15.4 Å². The SMILES string of the molecule is CN=C(NCCC(=O)N1CCc2sccc2C1)NC1CC(C)(C)Oc2ccccc21. The largest absolute Gasteiger partial charge is 0.487 e. The third kappa shape index (κ3) is 4.61. The molecule has 1 aromatic carbocycles. The first-order valence-electron chi connectivity index (χ1n) is 10.5. The van der Waals surface area contributed by atoms with E-state index < -0.39 is 0 Å². The number of benzene rings is 1. The molecule has 3 heterocycles. The van der Waals surface area contributed by atoms with E-state index in [2.05, 4.69) is 47.0 Å². The number of ether oxygens (including phenoxy) is 1. The van der Waals surface area contributed by atoms with Crippen molar-refractivity contribution in [2.24, 2.45) is 4.99 Å². The smallest absolute Gasteiger partial charge is 0.224 e. The van der Waals surface area contributed by atoms with Gasteiger partial charge in [0.25, 0.3) is 0 Å². The number of hydrogen-bond acceptors (Lipinski definition) is 4. The van der Waals surface area contributed by atoms with Gasteiger partial charge in [0.05, 0.1) is 6.04 Å². The highest BCUT2D eigenvalue weighted by molar-refractivity contribution is 7.10. The van der Waals surface area contributed by atoms with E-state index in [1.165, 1.54) is 10.4 Å². The van der Waals surface area contributed by atoms with E-state index in [9.17, 15) is 4.79 Å². The summed E-state index contributed by atoms with van der Waals surface area (Å²) in [5.41, 5.74) is 2.18. The lowest BCUT2D eigenvalue weighted by Crippen LogP contribution is -2.46. The zero-order valence-electron chi connectivity index (χ0n) is 17.9. The fraction of sp³-hybridized carbons (Fsp3) is 0.478. The summed E-state index contributed by atoms with van der Waals surface area (Å²) in [5.74, 6) is 1.81. The summed E-state index contributed by atoms with van der Waals surface area (Å²) in [6, 6.07) is 10.4. The van der Waals surface area contributed by atoms with E-state index in [-0.39, 0.29) is 17.6 Å². The maximum absolute atomic E-state index is 12.7. The molecule has 6 nitrogen and oxygen atoms in total. The summed E-state index contributed by atoms with van der Waals surface area (Å²) in [6.07, 6.45) is 2.25. The number of guanidine groups is 1. The van der Waals surface area contributed by atoms with Crippen molar-refractivity contribution in [3.8, 4) is 5.75 Å². The maximum atomic E-state index is 12.7. The number of carbonyl (C=O) groups excluding carboxylic acids is 1. The number of carbonyl (C=O) groups is 1. The van der Waals surface area contributed by atoms with Crippen molar-refractivity contribution in [2.75, 3.05) is 20.1 Å². The van der Waals surface area contributed by atoms with Gasteiger partial charge < -0.3 is 20.3 Å². The number of para-hydroxylation sites is 1. The van der Waals surface area contributed by atoms with E-state index in [0.717, 1.165) is 37.2 Å². The molecule has 2 aromatic rings. The highest BCUT2D eigenvalue weighted by Crippen LogP contribution is 2.39. The number of thiophene rings is 1. The van der Waals surface area contributed by atoms with Crippen LogP contribution in [-0.4, -0.2) is 42.5 Å². The summed E-state index contributed by atoms with van der Waals surface area (Å²) in [7, 11) is 1.76. The minimum Gasteiger partial charge on any atom is -0.487 e. The van der Waals surface area contributed by atoms with E-state index in [4.69, 9.17) is 4.74 Å². The predicted molar refractivity (Wildman–Crippen MR) is 121 cm³/mol. The summed E-state index contributed by atoms with van der Waals surface area (Å²) in [6.45, 7) is 6.31. The third-order valence-corrected chi connectivity index (χ3v) is 6.73. The molecule has 1 aromatic heterocycles. The second-order valence-electron chi connectivity index (χ2n) is 8.48. The molecule has 4 rings (SSSR count). The number of fused-ring (bicyclic) bond motifs is 2. The van der Waals surface area contributed by atoms with Gasteiger partial charge in [-0.25, -0.2) is 0 Å². The van der Waals surface area contributed by atoms with Crippen LogP contribution in [0.2, 0.25) is 0 Å². The molecular formula is C23H30N4O2S. The molecule has 0 bridgehead atoms. The highest BCUT2D eigenvalue weighted by Gasteiger charge is 2.34. The van der Waals surface area contributed by atoms with Gasteiger partial charge in [0.15, 0.2) is 5.96 Å². The van der Waals surface area contributed by atoms with Gasteiger partial charge in [-0.15, -0.1) is 11.3 Å². The first-order chi connectivity index (χ1) is 14.4. The second kappa shape index (κ2) is 8.68. The fourth-order valence-corrected chi connectivity index (χ4v) is 5.09. The Hall–Kier alpha value is -2.54. The molecule has 0 spiro atoms. The lowest BCUT2D eigenvalue weighted by atomic mass is 9.90. The Morgan fingerprint density at radius 2 is 2.17 bits per heavy atom. The summed E-state index contributed by atoms with van der Waals surface area (Å²) < 4.78 is 6.11. The van der Waals surface area contributed by atoms with Crippen LogP contribution in [0.3, 0.4) is 0 Å². The molecule has 0 fully saturated rings. The third-order valence-electron chi connectivity index (χ3n) is 5.70. The van der Waals surface area contributed by atoms with Crippen LogP contribution in [0.25, 0.3) is 0 Å². The molecule has 2 N–H and O–H groups in total. The number of rotatable bonds is 4. The van der Waals surface area contributed by atoms with E-state index >= 15 is 0 Å². The zero-order chi connectivity index (χ0) is 21.1. The fourth-order valence-electron chi connectivity index (χ4n) is 4.20. The van der Waals surface area contributed by atoms with E-state index in [1.54, 1.807) is 18.4 Å². The Morgan fingerprint density at radius 1 is 1.33 bits per heavy atom. The van der Waals surface area contributed by atoms with E-state index in [0.29, 0.717) is 18.9 Å². The van der Waals surface area contributed by atoms with Gasteiger partial charge in [-0.05, 0) is 43.3 Å². The van der Waals surface area contributed by atoms with Gasteiger partial charge in [0, 0.05) is 50.0 Å². The highest BCUT2D eigenvalue weighted by atomic mass is 32.1. The number of nitrogens with zero attached hydrogens (tertiary/aromatic N) is 2. The molecule has 160 valence electrons. The maximum Gasteiger partial charge on any atom is 0.224 e. The second-order valence-corrected chi connectivity index (χ2v) is 9.48. The Bertz CT molecular complexity index is 937. The van der Waals surface area contributed by atoms with E-state index in [1.807, 2.05) is 23.1 Å². The molecule has 1 amide bonds. The number of aliphatic imine (C=N–C) groups is 1. The Balaban J connectivity index is 1.31. The molecule has 1 unspecified atom stereocenters. The van der Waals surface area contributed by atoms with Gasteiger partial charge in [-0.1, -0.05) is 18.2 Å². The van der Waals surface area contributed by atoms with Crippen molar-refractivity contribution in [3.05, 3.63) is 51.7 Å². The molecular weight excluding hydrogens is 396 g/mol. The van der Waals surface area contributed by atoms with Crippen molar-refractivity contribution in [2.45, 2.75) is 51.3 Å². The van der Waals surface area contributed by atoms with Crippen LogP contribution in [0, 0.1) is 0 Å². The van der Waals surface area contributed by atoms with Crippen LogP contribution >= 0.6 is 11.3 Å². The minimum absolute atomic E-state index is 0.103. The summed E-state index contributed by atoms with van der Waals surface area (Å²) >= 11 is 1.79. The van der Waals surface area contributed by atoms with Crippen LogP contribution in [0.1, 0.15) is 48.7 Å². The van der Waals surface area contributed by atoms with Crippen LogP contribution in [0.5, 0.6) is 5.75 Å². The van der Waals surface area contributed by atoms with Crippen molar-refractivity contribution in [1.29, 1.82) is 0 Å². The molecule has 2 aliphatic heterocycles. The summed E-state index contributed by atoms with van der Waals surface area (Å²) in [4.78, 5) is 20.4. The zero-order valence-corrected chi connectivity index (χ0v) is 18.7. The monoisotopic (exact) mass is 426 g/mol. The number of nitrogens with one attached hydrogen (secondary N) is 2. The first-order valence-corrected chi connectivity index (χ1v) is 11.4. The van der Waals surface area contributed by atoms with Crippen molar-refractivity contribution in [1.82, 2.24) is 15.5 Å². The lowest BCUT2D eigenvalue weighted by molar-refractivity contribution is -0.131. The molecule has 1 atom stereocenters. The quantitative estimate of drug-likeness (QED) is 0.580. The van der Waals surface area contributed by atoms with Gasteiger partial charge >= 0.3 is 0 Å². The number of amides is 1. The van der Waals surface area contributed by atoms with Crippen LogP contribution in [0.15, 0.2) is 40.7 Å². The van der Waals surface area contributed by atoms with Crippen molar-refractivity contribution >= 4 is 23.2 Å². The molecule has 7 heteroatoms. The standard InChI is InChI=1S/C23H30N4O2S/c1-23(2)14-18(17-6-4-5-7-19(17)29-23)26-22(24-3)25-11-8-21(28)27-12-9-20-16(15-27)10-13-30-20/h4-7,10,13,18H,8-9,11-12,14-15H2,1-3H3,(H2,24,25,26). The van der Waals surface area contributed by atoms with Gasteiger partial charge in [0.2, 0.25) is 5.91 Å². The Labute approximate surface area is 182 Å². The Morgan fingerprint density at radius 3 is 3.00 bits per heavy atom. The minimum atomic E-state index is -0.254. The van der Waals surface area contributed by atoms with Gasteiger partial charge in [-0.2, -0.15) is 0 Å². The van der Waals surface area contributed by atoms with Crippen LogP contribution in [-0.2, 0) is 17.8 Å². The molecule has 30 heavy (non-hydrogen) atoms. The molecule has 0 radical (unpaired) electrons. The normalized spacial score (nSPS) is 20.0. The molecule has 2 aliphatic rings. The van der Waals surface area contributed by atoms with Gasteiger partial charge in [-0.3, -0.25) is 9.79 Å². The average molecular weight is 427 g/mol. The molecule has 0 aliphatic carbocycles. The molecule has 0 saturated heterocycles. The predicted octanol–water partition coefficient (Wildman–Crippen LogP) is 3.49. The lowest BCUT2D eigenvalue weighted by Gasteiger charge is -2.38. The van der Waals surface area contributed by atoms with Crippen LogP contribution in [0.4, 0.5) is 0 Å². The van der Waals surface area contributed by atoms with Crippen molar-refractivity contribution in [3.63, 3.8) is 0 Å². The topological polar surface area (TPSA) is 66.0 Å². The summed E-state index contributed by atoms with van der Waals surface area (Å²) in [5, 5.41) is 8.94. The Kier molecular flexibility index (Phi) is 5.99. The average Bonchev–Trinajstić information content (AvgIpc) is 3.19.